The van der Waals surface area contributed by atoms with Gasteiger partial charge in [0.05, 0.1) is 0 Å². The van der Waals surface area contributed by atoms with Crippen LogP contribution in [0, 0.1) is 19.1 Å². The highest BCUT2D eigenvalue weighted by molar-refractivity contribution is 5.83. The molecule has 0 unspecified atom stereocenters. The average Bonchev–Trinajstić information content (AvgIpc) is 3.10. The number of benzene rings is 6. The first kappa shape index (κ1) is 27.0. The molecule has 7 rings (SSSR count). The molecule has 1 nitrogen and oxygen atoms in total. The van der Waals surface area contributed by atoms with Gasteiger partial charge in [0.15, 0.2) is 0 Å². The van der Waals surface area contributed by atoms with E-state index in [9.17, 15) is 0 Å². The van der Waals surface area contributed by atoms with Crippen LogP contribution in [0.15, 0.2) is 170 Å². The van der Waals surface area contributed by atoms with Crippen molar-refractivity contribution >= 4 is 17.1 Å². The summed E-state index contributed by atoms with van der Waals surface area (Å²) in [6, 6.07) is 66.4. The predicted octanol–water partition coefficient (Wildman–Crippen LogP) is 11.7. The van der Waals surface area contributed by atoms with Crippen molar-refractivity contribution in [3.63, 3.8) is 0 Å². The van der Waals surface area contributed by atoms with Crippen molar-refractivity contribution in [1.29, 1.82) is 0 Å². The van der Waals surface area contributed by atoms with Crippen molar-refractivity contribution in [2.75, 3.05) is 4.90 Å². The van der Waals surface area contributed by atoms with E-state index in [2.05, 4.69) is 182 Å². The summed E-state index contributed by atoms with van der Waals surface area (Å²) in [5.74, 6) is 0. The number of hydrogen-bond acceptors (Lipinski definition) is 1. The first-order chi connectivity index (χ1) is 21.7. The average molecular weight is 562 g/mol. The third-order valence-electron chi connectivity index (χ3n) is 7.99. The van der Waals surface area contributed by atoms with Gasteiger partial charge in [0.1, 0.15) is 0 Å². The Balaban J connectivity index is 1.29. The molecule has 0 spiro atoms. The van der Waals surface area contributed by atoms with E-state index in [1.165, 1.54) is 38.9 Å². The molecule has 44 heavy (non-hydrogen) atoms. The molecule has 7 aromatic rings. The van der Waals surface area contributed by atoms with E-state index in [0.29, 0.717) is 0 Å². The van der Waals surface area contributed by atoms with Crippen LogP contribution in [-0.4, -0.2) is 0 Å². The quantitative estimate of drug-likeness (QED) is 0.187. The third kappa shape index (κ3) is 5.75. The van der Waals surface area contributed by atoms with Crippen LogP contribution in [0.2, 0.25) is 0 Å². The zero-order valence-electron chi connectivity index (χ0n) is 24.6. The Labute approximate surface area is 260 Å². The largest absolute Gasteiger partial charge is 0.310 e. The summed E-state index contributed by atoms with van der Waals surface area (Å²) in [5.41, 5.74) is 14.1. The smallest absolute Gasteiger partial charge is 0.0470 e. The van der Waals surface area contributed by atoms with Gasteiger partial charge in [-0.25, -0.2) is 0 Å². The van der Waals surface area contributed by atoms with Crippen LogP contribution < -0.4 is 4.90 Å². The Morgan fingerprint density at radius 2 is 0.818 bits per heavy atom. The van der Waals surface area contributed by atoms with Crippen LogP contribution in [0.4, 0.5) is 17.1 Å². The number of aryl methyl sites for hydroxylation is 1. The fraction of sp³-hybridized carbons (Fsp3) is 0.0233. The van der Waals surface area contributed by atoms with E-state index >= 15 is 0 Å². The van der Waals surface area contributed by atoms with Crippen LogP contribution in [0.5, 0.6) is 0 Å². The van der Waals surface area contributed by atoms with Gasteiger partial charge in [0.2, 0.25) is 0 Å². The Morgan fingerprint density at radius 1 is 0.364 bits per heavy atom. The molecule has 0 aromatic heterocycles. The maximum absolute atomic E-state index is 3.07. The summed E-state index contributed by atoms with van der Waals surface area (Å²) >= 11 is 0. The molecule has 0 atom stereocenters. The van der Waals surface area contributed by atoms with Gasteiger partial charge in [0, 0.05) is 17.1 Å². The highest BCUT2D eigenvalue weighted by Gasteiger charge is 2.15. The minimum Gasteiger partial charge on any atom is -0.310 e. The molecule has 0 amide bonds. The lowest BCUT2D eigenvalue weighted by atomic mass is 9.98. The van der Waals surface area contributed by atoms with Crippen LogP contribution in [0.25, 0.3) is 44.5 Å². The molecular weight excluding hydrogens is 530 g/mol. The minimum atomic E-state index is 1.10. The topological polar surface area (TPSA) is 3.24 Å². The lowest BCUT2D eigenvalue weighted by Crippen LogP contribution is -2.10. The number of hydrogen-bond donors (Lipinski definition) is 0. The summed E-state index contributed by atoms with van der Waals surface area (Å²) in [6.45, 7) is 2.17. The molecule has 0 N–H and O–H groups in total. The number of rotatable bonds is 7. The molecular formula is C43H31N. The van der Waals surface area contributed by atoms with Crippen molar-refractivity contribution in [1.82, 2.24) is 0 Å². The normalized spacial score (nSPS) is 10.7. The molecule has 0 radical (unpaired) electrons. The lowest BCUT2D eigenvalue weighted by molar-refractivity contribution is 1.27. The summed E-state index contributed by atoms with van der Waals surface area (Å²) in [6.07, 6.45) is 0. The Kier molecular flexibility index (Phi) is 7.48. The molecule has 0 saturated heterocycles. The Hall–Kier alpha value is -5.84. The van der Waals surface area contributed by atoms with Gasteiger partial charge in [-0.3, -0.25) is 0 Å². The lowest BCUT2D eigenvalue weighted by Gasteiger charge is -2.27. The second-order valence-electron chi connectivity index (χ2n) is 11.0. The fourth-order valence-corrected chi connectivity index (χ4v) is 5.75. The van der Waals surface area contributed by atoms with E-state index in [4.69, 9.17) is 0 Å². The minimum absolute atomic E-state index is 1.10. The third-order valence-corrected chi connectivity index (χ3v) is 7.99. The zero-order chi connectivity index (χ0) is 29.7. The van der Waals surface area contributed by atoms with Gasteiger partial charge in [-0.1, -0.05) is 127 Å². The maximum atomic E-state index is 3.07. The fourth-order valence-electron chi connectivity index (χ4n) is 5.75. The van der Waals surface area contributed by atoms with E-state index in [1.54, 1.807) is 0 Å². The van der Waals surface area contributed by atoms with Crippen molar-refractivity contribution in [3.8, 4) is 44.5 Å². The van der Waals surface area contributed by atoms with Gasteiger partial charge in [-0.15, -0.1) is 0 Å². The monoisotopic (exact) mass is 561 g/mol. The highest BCUT2D eigenvalue weighted by atomic mass is 15.1. The summed E-state index contributed by atoms with van der Waals surface area (Å²) in [5, 5.41) is 0. The highest BCUT2D eigenvalue weighted by Crippen LogP contribution is 2.39. The van der Waals surface area contributed by atoms with Gasteiger partial charge in [0.25, 0.3) is 0 Å². The number of anilines is 3. The van der Waals surface area contributed by atoms with Gasteiger partial charge in [-0.05, 0) is 112 Å². The predicted molar refractivity (Wildman–Crippen MR) is 185 cm³/mol. The molecule has 0 saturated carbocycles. The Morgan fingerprint density at radius 3 is 1.32 bits per heavy atom. The van der Waals surface area contributed by atoms with Crippen LogP contribution in [0.1, 0.15) is 5.56 Å². The molecule has 0 fully saturated rings. The standard InChI is InChI=1S/C43H31N/c1-32-29-40(39-19-17-36(18-20-39)33-11-5-2-6-12-33)31-43(30-32)44(41-25-21-37(22-26-41)34-13-7-3-8-14-34)42-27-23-38(24-28-42)35-15-9-4-10-16-35/h2-3,5-9,11-31H,1H3. The molecule has 208 valence electrons. The van der Waals surface area contributed by atoms with Crippen molar-refractivity contribution in [2.45, 2.75) is 6.92 Å². The first-order valence-corrected chi connectivity index (χ1v) is 14.9. The molecule has 0 aliphatic heterocycles. The first-order valence-electron chi connectivity index (χ1n) is 14.9. The van der Waals surface area contributed by atoms with Gasteiger partial charge in [-0.2, -0.15) is 0 Å². The zero-order valence-corrected chi connectivity index (χ0v) is 24.6. The summed E-state index contributed by atoms with van der Waals surface area (Å²) in [7, 11) is 0. The second kappa shape index (κ2) is 12.2. The molecule has 0 aliphatic carbocycles. The van der Waals surface area contributed by atoms with E-state index in [1.807, 2.05) is 12.1 Å². The van der Waals surface area contributed by atoms with E-state index in [-0.39, 0.29) is 0 Å². The van der Waals surface area contributed by atoms with Gasteiger partial charge < -0.3 is 4.90 Å². The van der Waals surface area contributed by atoms with Crippen molar-refractivity contribution < 1.29 is 0 Å². The van der Waals surface area contributed by atoms with E-state index < -0.39 is 0 Å². The van der Waals surface area contributed by atoms with Crippen molar-refractivity contribution in [3.05, 3.63) is 188 Å². The van der Waals surface area contributed by atoms with Gasteiger partial charge >= 0.3 is 0 Å². The SMILES string of the molecule is Cc1cc(-c2ccc(-c3ccccc3)cc2)cc(N(c2ccc(-c3cc#ccc3)cc2)c2ccc(-c3ccccc3)cc2)c1. The number of nitrogens with zero attached hydrogens (tertiary/aromatic N) is 1. The van der Waals surface area contributed by atoms with Crippen LogP contribution >= 0.6 is 0 Å². The summed E-state index contributed by atoms with van der Waals surface area (Å²) in [4.78, 5) is 2.35. The Bertz CT molecular complexity index is 1880. The molecule has 1 heteroatoms. The summed E-state index contributed by atoms with van der Waals surface area (Å²) < 4.78 is 0. The van der Waals surface area contributed by atoms with E-state index in [0.717, 1.165) is 28.2 Å². The molecule has 0 heterocycles. The van der Waals surface area contributed by atoms with Crippen molar-refractivity contribution in [2.24, 2.45) is 0 Å². The maximum Gasteiger partial charge on any atom is 0.0470 e. The van der Waals surface area contributed by atoms with Crippen LogP contribution in [-0.2, 0) is 0 Å². The van der Waals surface area contributed by atoms with Crippen LogP contribution in [0.3, 0.4) is 0 Å². The molecule has 0 aliphatic rings. The second-order valence-corrected chi connectivity index (χ2v) is 11.0. The molecule has 0 bridgehead atoms. The molecule has 7 aromatic carbocycles.